The first-order chi connectivity index (χ1) is 12.5. The minimum atomic E-state index is -0.316. The molecule has 0 saturated heterocycles. The Balaban J connectivity index is 2.01. The van der Waals surface area contributed by atoms with Crippen molar-refractivity contribution in [1.82, 2.24) is 14.3 Å². The van der Waals surface area contributed by atoms with Gasteiger partial charge in [-0.1, -0.05) is 23.5 Å². The van der Waals surface area contributed by atoms with E-state index in [-0.39, 0.29) is 11.9 Å². The van der Waals surface area contributed by atoms with Crippen LogP contribution in [0.25, 0.3) is 10.2 Å². The van der Waals surface area contributed by atoms with Gasteiger partial charge in [-0.15, -0.1) is 0 Å². The van der Waals surface area contributed by atoms with E-state index in [0.717, 1.165) is 15.9 Å². The number of hydrogen-bond acceptors (Lipinski definition) is 4. The number of para-hydroxylation sites is 1. The fourth-order valence-corrected chi connectivity index (χ4v) is 3.94. The molecule has 0 radical (unpaired) electrons. The summed E-state index contributed by atoms with van der Waals surface area (Å²) in [6.45, 7) is 9.91. The van der Waals surface area contributed by atoms with Crippen molar-refractivity contribution in [1.29, 1.82) is 0 Å². The van der Waals surface area contributed by atoms with Gasteiger partial charge in [0.15, 0.2) is 10.5 Å². The van der Waals surface area contributed by atoms with Gasteiger partial charge in [0.2, 0.25) is 0 Å². The molecule has 0 atom stereocenters. The summed E-state index contributed by atoms with van der Waals surface area (Å²) >= 11 is 1.51. The van der Waals surface area contributed by atoms with Crippen LogP contribution >= 0.6 is 11.3 Å². The van der Waals surface area contributed by atoms with Crippen LogP contribution in [0.2, 0.25) is 0 Å². The SMILES string of the molecule is CCOCCn1c(=NC(=O)c2cc(C)n(C(C)C)n2)sc2ccccc21. The van der Waals surface area contributed by atoms with Crippen molar-refractivity contribution in [2.24, 2.45) is 4.99 Å². The smallest absolute Gasteiger partial charge is 0.300 e. The van der Waals surface area contributed by atoms with E-state index >= 15 is 0 Å². The topological polar surface area (TPSA) is 61.4 Å². The summed E-state index contributed by atoms with van der Waals surface area (Å²) in [6.07, 6.45) is 0. The van der Waals surface area contributed by atoms with Crippen molar-refractivity contribution >= 4 is 27.5 Å². The number of aryl methyl sites for hydroxylation is 1. The second-order valence-electron chi connectivity index (χ2n) is 6.33. The van der Waals surface area contributed by atoms with E-state index in [9.17, 15) is 4.79 Å². The molecule has 0 unspecified atom stereocenters. The third-order valence-electron chi connectivity index (χ3n) is 4.08. The zero-order valence-electron chi connectivity index (χ0n) is 15.6. The largest absolute Gasteiger partial charge is 0.380 e. The second kappa shape index (κ2) is 7.97. The standard InChI is InChI=1S/C19H24N4O2S/c1-5-25-11-10-22-16-8-6-7-9-17(16)26-19(22)20-18(24)15-12-14(4)23(21-15)13(2)3/h6-9,12-13H,5,10-11H2,1-4H3. The highest BCUT2D eigenvalue weighted by molar-refractivity contribution is 7.16. The summed E-state index contributed by atoms with van der Waals surface area (Å²) < 4.78 is 10.5. The van der Waals surface area contributed by atoms with Crippen LogP contribution in [0.15, 0.2) is 35.3 Å². The molecule has 0 fully saturated rings. The molecule has 0 N–H and O–H groups in total. The summed E-state index contributed by atoms with van der Waals surface area (Å²) in [6, 6.07) is 10.1. The lowest BCUT2D eigenvalue weighted by Gasteiger charge is -2.06. The Morgan fingerprint density at radius 3 is 2.81 bits per heavy atom. The zero-order valence-corrected chi connectivity index (χ0v) is 16.4. The van der Waals surface area contributed by atoms with Gasteiger partial charge >= 0.3 is 0 Å². The fourth-order valence-electron chi connectivity index (χ4n) is 2.88. The van der Waals surface area contributed by atoms with Gasteiger partial charge in [-0.05, 0) is 45.9 Å². The highest BCUT2D eigenvalue weighted by Crippen LogP contribution is 2.17. The molecule has 1 aromatic carbocycles. The molecular weight excluding hydrogens is 348 g/mol. The number of rotatable bonds is 6. The van der Waals surface area contributed by atoms with E-state index in [2.05, 4.69) is 10.1 Å². The van der Waals surface area contributed by atoms with Crippen LogP contribution in [-0.2, 0) is 11.3 Å². The van der Waals surface area contributed by atoms with Gasteiger partial charge in [0.05, 0.1) is 16.8 Å². The summed E-state index contributed by atoms with van der Waals surface area (Å²) in [7, 11) is 0. The number of nitrogens with zero attached hydrogens (tertiary/aromatic N) is 4. The second-order valence-corrected chi connectivity index (χ2v) is 7.34. The number of ether oxygens (including phenoxy) is 1. The van der Waals surface area contributed by atoms with Crippen molar-refractivity contribution in [3.8, 4) is 0 Å². The predicted octanol–water partition coefficient (Wildman–Crippen LogP) is 3.57. The number of fused-ring (bicyclic) bond motifs is 1. The Bertz CT molecular complexity index is 981. The van der Waals surface area contributed by atoms with Gasteiger partial charge in [0.1, 0.15) is 0 Å². The number of thiazole rings is 1. The Morgan fingerprint density at radius 2 is 2.12 bits per heavy atom. The first kappa shape index (κ1) is 18.5. The van der Waals surface area contributed by atoms with Gasteiger partial charge in [-0.2, -0.15) is 10.1 Å². The molecule has 7 heteroatoms. The number of amides is 1. The average Bonchev–Trinajstić information content (AvgIpc) is 3.16. The maximum Gasteiger partial charge on any atom is 0.300 e. The number of benzene rings is 1. The van der Waals surface area contributed by atoms with E-state index in [4.69, 9.17) is 4.74 Å². The Labute approximate surface area is 156 Å². The monoisotopic (exact) mass is 372 g/mol. The molecule has 0 aliphatic rings. The normalized spacial score (nSPS) is 12.4. The minimum absolute atomic E-state index is 0.206. The van der Waals surface area contributed by atoms with E-state index < -0.39 is 0 Å². The Hall–Kier alpha value is -2.25. The molecule has 138 valence electrons. The molecule has 0 saturated carbocycles. The summed E-state index contributed by atoms with van der Waals surface area (Å²) in [5.41, 5.74) is 2.40. The van der Waals surface area contributed by atoms with Crippen LogP contribution < -0.4 is 4.80 Å². The van der Waals surface area contributed by atoms with Crippen LogP contribution in [0, 0.1) is 6.92 Å². The van der Waals surface area contributed by atoms with Crippen molar-refractivity contribution in [2.75, 3.05) is 13.2 Å². The van der Waals surface area contributed by atoms with Crippen LogP contribution in [0.4, 0.5) is 0 Å². The van der Waals surface area contributed by atoms with Gasteiger partial charge in [0, 0.05) is 24.9 Å². The summed E-state index contributed by atoms with van der Waals surface area (Å²) in [5, 5.41) is 4.41. The first-order valence-electron chi connectivity index (χ1n) is 8.82. The number of carbonyl (C=O) groups excluding carboxylic acids is 1. The third kappa shape index (κ3) is 3.78. The zero-order chi connectivity index (χ0) is 18.7. The fraction of sp³-hybridized carbons (Fsp3) is 0.421. The third-order valence-corrected chi connectivity index (χ3v) is 5.14. The summed E-state index contributed by atoms with van der Waals surface area (Å²) in [4.78, 5) is 17.7. The highest BCUT2D eigenvalue weighted by atomic mass is 32.1. The van der Waals surface area contributed by atoms with E-state index in [1.165, 1.54) is 11.3 Å². The molecule has 0 spiro atoms. The van der Waals surface area contributed by atoms with Crippen molar-refractivity contribution < 1.29 is 9.53 Å². The molecule has 0 bridgehead atoms. The molecule has 3 rings (SSSR count). The van der Waals surface area contributed by atoms with Crippen LogP contribution in [0.1, 0.15) is 43.0 Å². The Morgan fingerprint density at radius 1 is 1.35 bits per heavy atom. The molecule has 1 amide bonds. The lowest BCUT2D eigenvalue weighted by Crippen LogP contribution is -2.20. The first-order valence-corrected chi connectivity index (χ1v) is 9.64. The molecule has 2 aromatic heterocycles. The minimum Gasteiger partial charge on any atom is -0.380 e. The molecule has 3 aromatic rings. The maximum atomic E-state index is 12.7. The van der Waals surface area contributed by atoms with Gasteiger partial charge in [-0.3, -0.25) is 9.48 Å². The van der Waals surface area contributed by atoms with Crippen molar-refractivity contribution in [3.05, 3.63) is 46.5 Å². The molecule has 6 nitrogen and oxygen atoms in total. The quantitative estimate of drug-likeness (QED) is 0.622. The van der Waals surface area contributed by atoms with Crippen LogP contribution in [0.5, 0.6) is 0 Å². The number of carbonyl (C=O) groups is 1. The molecule has 26 heavy (non-hydrogen) atoms. The molecule has 0 aliphatic carbocycles. The van der Waals surface area contributed by atoms with Gasteiger partial charge in [0.25, 0.3) is 5.91 Å². The molecular formula is C19H24N4O2S. The average molecular weight is 372 g/mol. The molecule has 2 heterocycles. The lowest BCUT2D eigenvalue weighted by atomic mass is 10.3. The van der Waals surface area contributed by atoms with Crippen LogP contribution in [-0.4, -0.2) is 33.5 Å². The van der Waals surface area contributed by atoms with Crippen LogP contribution in [0.3, 0.4) is 0 Å². The van der Waals surface area contributed by atoms with Crippen molar-refractivity contribution in [3.63, 3.8) is 0 Å². The highest BCUT2D eigenvalue weighted by Gasteiger charge is 2.14. The predicted molar refractivity (Wildman–Crippen MR) is 104 cm³/mol. The number of hydrogen-bond donors (Lipinski definition) is 0. The van der Waals surface area contributed by atoms with Gasteiger partial charge < -0.3 is 9.30 Å². The van der Waals surface area contributed by atoms with Gasteiger partial charge in [-0.25, -0.2) is 0 Å². The Kier molecular flexibility index (Phi) is 5.68. The number of aromatic nitrogens is 3. The van der Waals surface area contributed by atoms with Crippen molar-refractivity contribution in [2.45, 2.75) is 40.3 Å². The molecule has 0 aliphatic heterocycles. The van der Waals surface area contributed by atoms with E-state index in [0.29, 0.717) is 30.3 Å². The summed E-state index contributed by atoms with van der Waals surface area (Å²) in [5.74, 6) is -0.316. The maximum absolute atomic E-state index is 12.7. The van der Waals surface area contributed by atoms with E-state index in [1.54, 1.807) is 6.07 Å². The lowest BCUT2D eigenvalue weighted by molar-refractivity contribution is 0.0991. The van der Waals surface area contributed by atoms with E-state index in [1.807, 2.05) is 61.2 Å².